The van der Waals surface area contributed by atoms with E-state index in [-0.39, 0.29) is 5.41 Å². The molecule has 0 N–H and O–H groups in total. The fourth-order valence-electron chi connectivity index (χ4n) is 9.33. The van der Waals surface area contributed by atoms with Gasteiger partial charge in [-0.2, -0.15) is 0 Å². The summed E-state index contributed by atoms with van der Waals surface area (Å²) >= 11 is 0. The fourth-order valence-corrected chi connectivity index (χ4v) is 9.33. The number of hydrogen-bond donors (Lipinski definition) is 0. The Morgan fingerprint density at radius 2 is 1.00 bits per heavy atom. The van der Waals surface area contributed by atoms with Crippen molar-refractivity contribution < 1.29 is 4.42 Å². The van der Waals surface area contributed by atoms with Gasteiger partial charge in [0.05, 0.1) is 0 Å². The number of fused-ring (bicyclic) bond motifs is 13. The van der Waals surface area contributed by atoms with Crippen LogP contribution in [0.4, 0.5) is 0 Å². The molecule has 0 spiro atoms. The van der Waals surface area contributed by atoms with Crippen LogP contribution in [0.5, 0.6) is 0 Å². The zero-order valence-electron chi connectivity index (χ0n) is 30.8. The topological polar surface area (TPSA) is 51.8 Å². The minimum atomic E-state index is -0.125. The Hall–Kier alpha value is -7.17. The Balaban J connectivity index is 1.12. The zero-order chi connectivity index (χ0) is 37.1. The maximum absolute atomic E-state index is 6.65. The molecule has 12 rings (SSSR count). The van der Waals surface area contributed by atoms with E-state index in [1.807, 2.05) is 30.3 Å². The van der Waals surface area contributed by atoms with Gasteiger partial charge in [0.2, 0.25) is 0 Å². The highest BCUT2D eigenvalue weighted by Gasteiger charge is 2.36. The summed E-state index contributed by atoms with van der Waals surface area (Å²) in [4.78, 5) is 15.7. The molecule has 0 radical (unpaired) electrons. The van der Waals surface area contributed by atoms with Gasteiger partial charge in [-0.3, -0.25) is 0 Å². The van der Waals surface area contributed by atoms with Gasteiger partial charge in [0, 0.05) is 32.9 Å². The molecule has 0 aliphatic heterocycles. The molecule has 4 nitrogen and oxygen atoms in total. The molecule has 0 amide bonds. The molecule has 2 heterocycles. The lowest BCUT2D eigenvalue weighted by Crippen LogP contribution is -2.14. The quantitative estimate of drug-likeness (QED) is 0.171. The number of hydrogen-bond acceptors (Lipinski definition) is 4. The summed E-state index contributed by atoms with van der Waals surface area (Å²) in [6, 6.07) is 58.3. The third kappa shape index (κ3) is 4.44. The molecule has 4 heteroatoms. The lowest BCUT2D eigenvalue weighted by molar-refractivity contribution is 0.647. The van der Waals surface area contributed by atoms with E-state index in [0.29, 0.717) is 17.5 Å². The predicted octanol–water partition coefficient (Wildman–Crippen LogP) is 13.7. The summed E-state index contributed by atoms with van der Waals surface area (Å²) in [7, 11) is 0. The van der Waals surface area contributed by atoms with Gasteiger partial charge in [0.1, 0.15) is 11.2 Å². The van der Waals surface area contributed by atoms with Crippen LogP contribution >= 0.6 is 0 Å². The Morgan fingerprint density at radius 3 is 1.82 bits per heavy atom. The summed E-state index contributed by atoms with van der Waals surface area (Å²) in [5.74, 6) is 1.86. The summed E-state index contributed by atoms with van der Waals surface area (Å²) in [5.41, 5.74) is 9.48. The number of nitrogens with zero attached hydrogens (tertiary/aromatic N) is 3. The SMILES string of the molecule is CC1(C)c2ccccc2-c2cc3c(cc21)oc1cccc(-c2nc(-c4ccccc4)nc(-c4ccc5ccc6ccc7ccc8ccccc8c7c6c5c4)n2)c13. The summed E-state index contributed by atoms with van der Waals surface area (Å²) in [6.45, 7) is 4.60. The van der Waals surface area contributed by atoms with E-state index in [9.17, 15) is 0 Å². The molecule has 11 aromatic rings. The first-order valence-electron chi connectivity index (χ1n) is 19.2. The third-order valence-corrected chi connectivity index (χ3v) is 12.1. The molecule has 2 aromatic heterocycles. The second-order valence-corrected chi connectivity index (χ2v) is 15.6. The van der Waals surface area contributed by atoms with Crippen LogP contribution in [0, 0.1) is 0 Å². The van der Waals surface area contributed by atoms with Gasteiger partial charge >= 0.3 is 0 Å². The van der Waals surface area contributed by atoms with Crippen molar-refractivity contribution >= 4 is 65.0 Å². The molecule has 1 aliphatic rings. The van der Waals surface area contributed by atoms with Crippen molar-refractivity contribution in [2.75, 3.05) is 0 Å². The summed E-state index contributed by atoms with van der Waals surface area (Å²) < 4.78 is 6.65. The molecule has 0 atom stereocenters. The second kappa shape index (κ2) is 11.4. The van der Waals surface area contributed by atoms with Gasteiger partial charge in [-0.05, 0) is 89.6 Å². The van der Waals surface area contributed by atoms with Crippen molar-refractivity contribution in [3.8, 4) is 45.3 Å². The van der Waals surface area contributed by atoms with Gasteiger partial charge < -0.3 is 4.42 Å². The maximum atomic E-state index is 6.65. The number of benzene rings is 9. The predicted molar refractivity (Wildman–Crippen MR) is 231 cm³/mol. The van der Waals surface area contributed by atoms with Crippen molar-refractivity contribution in [3.05, 3.63) is 175 Å². The highest BCUT2D eigenvalue weighted by atomic mass is 16.3. The average Bonchev–Trinajstić information content (AvgIpc) is 3.73. The first-order valence-corrected chi connectivity index (χ1v) is 19.2. The van der Waals surface area contributed by atoms with E-state index >= 15 is 0 Å². The molecule has 0 bridgehead atoms. The fraction of sp³-hybridized carbons (Fsp3) is 0.0577. The first-order chi connectivity index (χ1) is 27.5. The highest BCUT2D eigenvalue weighted by Crippen LogP contribution is 2.51. The van der Waals surface area contributed by atoms with Gasteiger partial charge in [-0.1, -0.05) is 153 Å². The molecule has 1 aliphatic carbocycles. The largest absolute Gasteiger partial charge is 0.456 e. The lowest BCUT2D eigenvalue weighted by atomic mass is 9.82. The maximum Gasteiger partial charge on any atom is 0.164 e. The Bertz CT molecular complexity index is 3440. The van der Waals surface area contributed by atoms with Crippen LogP contribution in [-0.2, 0) is 5.41 Å². The van der Waals surface area contributed by atoms with Crippen molar-refractivity contribution in [3.63, 3.8) is 0 Å². The number of furan rings is 1. The summed E-state index contributed by atoms with van der Waals surface area (Å²) in [6.07, 6.45) is 0. The Labute approximate surface area is 322 Å². The van der Waals surface area contributed by atoms with Crippen LogP contribution in [0.15, 0.2) is 168 Å². The first kappa shape index (κ1) is 31.2. The minimum Gasteiger partial charge on any atom is -0.456 e. The molecule has 0 saturated carbocycles. The van der Waals surface area contributed by atoms with Gasteiger partial charge in [0.15, 0.2) is 17.5 Å². The van der Waals surface area contributed by atoms with E-state index in [0.717, 1.165) is 38.6 Å². The van der Waals surface area contributed by atoms with Crippen molar-refractivity contribution in [2.24, 2.45) is 0 Å². The highest BCUT2D eigenvalue weighted by molar-refractivity contribution is 6.27. The van der Waals surface area contributed by atoms with Crippen molar-refractivity contribution in [1.29, 1.82) is 0 Å². The van der Waals surface area contributed by atoms with E-state index in [1.54, 1.807) is 0 Å². The van der Waals surface area contributed by atoms with Crippen LogP contribution in [0.1, 0.15) is 25.0 Å². The molecule has 9 aromatic carbocycles. The van der Waals surface area contributed by atoms with Gasteiger partial charge in [0.25, 0.3) is 0 Å². The van der Waals surface area contributed by atoms with Crippen LogP contribution in [0.2, 0.25) is 0 Å². The molecule has 0 saturated heterocycles. The van der Waals surface area contributed by atoms with E-state index in [1.165, 1.54) is 65.3 Å². The molecular weight excluding hydrogens is 683 g/mol. The number of aromatic nitrogens is 3. The Morgan fingerprint density at radius 1 is 0.375 bits per heavy atom. The van der Waals surface area contributed by atoms with Gasteiger partial charge in [-0.25, -0.2) is 15.0 Å². The van der Waals surface area contributed by atoms with Crippen LogP contribution < -0.4 is 0 Å². The molecule has 0 fully saturated rings. The molecule has 0 unspecified atom stereocenters. The van der Waals surface area contributed by atoms with Crippen LogP contribution in [0.25, 0.3) is 110 Å². The number of rotatable bonds is 3. The minimum absolute atomic E-state index is 0.125. The summed E-state index contributed by atoms with van der Waals surface area (Å²) in [5, 5.41) is 11.8. The zero-order valence-corrected chi connectivity index (χ0v) is 30.8. The molecular formula is C52H33N3O. The van der Waals surface area contributed by atoms with E-state index in [4.69, 9.17) is 19.4 Å². The molecule has 56 heavy (non-hydrogen) atoms. The monoisotopic (exact) mass is 715 g/mol. The van der Waals surface area contributed by atoms with Crippen molar-refractivity contribution in [2.45, 2.75) is 19.3 Å². The van der Waals surface area contributed by atoms with Crippen LogP contribution in [-0.4, -0.2) is 15.0 Å². The smallest absolute Gasteiger partial charge is 0.164 e. The normalized spacial score (nSPS) is 13.3. The van der Waals surface area contributed by atoms with E-state index in [2.05, 4.69) is 147 Å². The van der Waals surface area contributed by atoms with Crippen LogP contribution in [0.3, 0.4) is 0 Å². The molecule has 262 valence electrons. The van der Waals surface area contributed by atoms with Gasteiger partial charge in [-0.15, -0.1) is 0 Å². The lowest BCUT2D eigenvalue weighted by Gasteiger charge is -2.21. The average molecular weight is 716 g/mol. The van der Waals surface area contributed by atoms with Crippen molar-refractivity contribution in [1.82, 2.24) is 15.0 Å². The van der Waals surface area contributed by atoms with E-state index < -0.39 is 0 Å². The standard InChI is InChI=1S/C52H33N3O/c1-52(2)42-17-9-8-15-37(42)40-28-41-45(29-43(40)52)56-44-18-10-16-38(48(41)44)51-54-49(34-12-4-3-5-13-34)53-50(55-51)35-26-21-31-20-23-33-25-24-32-22-19-30-11-6-7-14-36(30)46(32)47(33)39(31)27-35/h3-29H,1-2H3. The third-order valence-electron chi connectivity index (χ3n) is 12.1. The Kier molecular flexibility index (Phi) is 6.37. The second-order valence-electron chi connectivity index (χ2n) is 15.6.